The van der Waals surface area contributed by atoms with Gasteiger partial charge in [-0.25, -0.2) is 13.6 Å². The highest BCUT2D eigenvalue weighted by atomic mass is 32.1. The summed E-state index contributed by atoms with van der Waals surface area (Å²) in [6.45, 7) is 1.78. The van der Waals surface area contributed by atoms with Crippen LogP contribution in [0.1, 0.15) is 26.4 Å². The van der Waals surface area contributed by atoms with Crippen molar-refractivity contribution in [3.63, 3.8) is 0 Å². The lowest BCUT2D eigenvalue weighted by Crippen LogP contribution is -2.11. The third kappa shape index (κ3) is 4.01. The van der Waals surface area contributed by atoms with E-state index in [1.165, 1.54) is 6.07 Å². The third-order valence-corrected chi connectivity index (χ3v) is 5.19. The zero-order valence-electron chi connectivity index (χ0n) is 15.6. The van der Waals surface area contributed by atoms with Crippen LogP contribution >= 0.6 is 11.3 Å². The Morgan fingerprint density at radius 3 is 2.37 bits per heavy atom. The smallest absolute Gasteiger partial charge is 0.338 e. The van der Waals surface area contributed by atoms with Gasteiger partial charge in [0.15, 0.2) is 11.6 Å². The first-order valence-electron chi connectivity index (χ1n) is 8.56. The molecule has 0 radical (unpaired) electrons. The number of carbonyl (C=O) groups excluding carboxylic acids is 1. The van der Waals surface area contributed by atoms with Gasteiger partial charge in [0.2, 0.25) is 5.91 Å². The number of phenolic OH excluding ortho intramolecular Hbond substituents is 1. The van der Waals surface area contributed by atoms with Gasteiger partial charge in [0.05, 0.1) is 16.1 Å². The maximum Gasteiger partial charge on any atom is 0.338 e. The zero-order valence-corrected chi connectivity index (χ0v) is 16.4. The van der Waals surface area contributed by atoms with Gasteiger partial charge in [-0.3, -0.25) is 4.79 Å². The summed E-state index contributed by atoms with van der Waals surface area (Å²) >= 11 is 1.54. The van der Waals surface area contributed by atoms with Gasteiger partial charge in [-0.05, 0) is 60.8 Å². The van der Waals surface area contributed by atoms with Crippen molar-refractivity contribution in [1.82, 2.24) is 4.57 Å². The van der Waals surface area contributed by atoms with Crippen molar-refractivity contribution in [2.24, 2.45) is 5.73 Å². The van der Waals surface area contributed by atoms with Crippen molar-refractivity contribution in [3.05, 3.63) is 82.4 Å². The second-order valence-corrected chi connectivity index (χ2v) is 7.17. The monoisotopic (exact) mass is 430 g/mol. The Labute approximate surface area is 173 Å². The molecule has 0 aliphatic rings. The largest absolute Gasteiger partial charge is 0.508 e. The van der Waals surface area contributed by atoms with Crippen molar-refractivity contribution in [2.45, 2.75) is 6.92 Å². The zero-order chi connectivity index (χ0) is 22.0. The number of hydrogen-bond acceptors (Lipinski definition) is 4. The number of aromatic nitrogens is 1. The van der Waals surface area contributed by atoms with Crippen LogP contribution in [-0.4, -0.2) is 26.7 Å². The highest BCUT2D eigenvalue weighted by Gasteiger charge is 2.20. The minimum absolute atomic E-state index is 0.0381. The van der Waals surface area contributed by atoms with Gasteiger partial charge in [0.25, 0.3) is 0 Å². The molecule has 6 nitrogen and oxygen atoms in total. The number of nitrogens with zero attached hydrogens (tertiary/aromatic N) is 1. The molecule has 0 saturated carbocycles. The van der Waals surface area contributed by atoms with E-state index in [2.05, 4.69) is 0 Å². The number of aromatic carboxylic acids is 1. The number of amides is 1. The molecule has 0 saturated heterocycles. The number of benzene rings is 2. The number of aromatic hydroxyl groups is 1. The summed E-state index contributed by atoms with van der Waals surface area (Å²) in [4.78, 5) is 21.8. The number of phenols is 1. The second kappa shape index (κ2) is 8.34. The van der Waals surface area contributed by atoms with Crippen molar-refractivity contribution < 1.29 is 28.6 Å². The van der Waals surface area contributed by atoms with Gasteiger partial charge < -0.3 is 20.5 Å². The number of hydrogen-bond donors (Lipinski definition) is 3. The molecule has 0 atom stereocenters. The molecule has 2 heterocycles. The lowest BCUT2D eigenvalue weighted by molar-refractivity contribution is 0.0698. The lowest BCUT2D eigenvalue weighted by atomic mass is 10.1. The number of carboxylic acid groups (broad SMARTS) is 1. The number of nitrogens with two attached hydrogens (primary N) is 1. The molecule has 0 aliphatic carbocycles. The molecule has 0 bridgehead atoms. The molecule has 4 N–H and O–H groups in total. The maximum atomic E-state index is 12.4. The van der Waals surface area contributed by atoms with Crippen LogP contribution in [0.5, 0.6) is 5.75 Å². The predicted molar refractivity (Wildman–Crippen MR) is 109 cm³/mol. The Balaban J connectivity index is 0.000000199. The first kappa shape index (κ1) is 21.0. The summed E-state index contributed by atoms with van der Waals surface area (Å²) in [5, 5.41) is 22.4. The molecular formula is C21H16F2N2O4S. The van der Waals surface area contributed by atoms with Gasteiger partial charge in [-0.15, -0.1) is 11.3 Å². The molecule has 4 rings (SSSR count). The standard InChI is InChI=1S/C14H11NO3S.C7H5F2NO/c1-8-13(14(17)18)10-7-9(16)4-5-11(10)15(8)12-3-2-6-19-12;8-5-2-1-4(7(10)11)3-6(5)9/h2-7,16H,1H3,(H,17,18);1-3H,(H2,10,11). The van der Waals surface area contributed by atoms with Crippen LogP contribution in [0.3, 0.4) is 0 Å². The van der Waals surface area contributed by atoms with E-state index < -0.39 is 23.5 Å². The van der Waals surface area contributed by atoms with Gasteiger partial charge in [-0.1, -0.05) is 0 Å². The summed E-state index contributed by atoms with van der Waals surface area (Å²) in [7, 11) is 0. The summed E-state index contributed by atoms with van der Waals surface area (Å²) in [6, 6.07) is 11.4. The molecule has 9 heteroatoms. The average molecular weight is 430 g/mol. The van der Waals surface area contributed by atoms with Crippen LogP contribution < -0.4 is 5.73 Å². The van der Waals surface area contributed by atoms with Gasteiger partial charge in [0, 0.05) is 16.6 Å². The molecule has 1 amide bonds. The Hall–Kier alpha value is -3.72. The molecule has 0 spiro atoms. The Kier molecular flexibility index (Phi) is 5.84. The van der Waals surface area contributed by atoms with Crippen LogP contribution in [0.4, 0.5) is 8.78 Å². The molecule has 0 fully saturated rings. The van der Waals surface area contributed by atoms with E-state index in [1.807, 2.05) is 22.1 Å². The van der Waals surface area contributed by atoms with E-state index >= 15 is 0 Å². The minimum atomic E-state index is -1.07. The van der Waals surface area contributed by atoms with Crippen LogP contribution in [0, 0.1) is 18.6 Å². The summed E-state index contributed by atoms with van der Waals surface area (Å²) in [5.74, 6) is -3.75. The molecule has 2 aromatic heterocycles. The predicted octanol–water partition coefficient (Wildman–Crippen LogP) is 4.47. The number of carboxylic acids is 1. The quantitative estimate of drug-likeness (QED) is 0.446. The fourth-order valence-corrected chi connectivity index (χ4v) is 3.80. The SMILES string of the molecule is Cc1c(C(=O)O)c2cc(O)ccc2n1-c1cccs1.NC(=O)c1ccc(F)c(F)c1. The van der Waals surface area contributed by atoms with E-state index in [9.17, 15) is 28.6 Å². The van der Waals surface area contributed by atoms with E-state index in [-0.39, 0.29) is 16.9 Å². The fourth-order valence-electron chi connectivity index (χ4n) is 3.01. The van der Waals surface area contributed by atoms with Crippen LogP contribution in [0.2, 0.25) is 0 Å². The van der Waals surface area contributed by atoms with Crippen molar-refractivity contribution >= 4 is 34.1 Å². The molecule has 0 aliphatic heterocycles. The number of fused-ring (bicyclic) bond motifs is 1. The van der Waals surface area contributed by atoms with Crippen LogP contribution in [0.25, 0.3) is 15.9 Å². The van der Waals surface area contributed by atoms with E-state index in [1.54, 1.807) is 30.4 Å². The van der Waals surface area contributed by atoms with Crippen molar-refractivity contribution in [2.75, 3.05) is 0 Å². The number of rotatable bonds is 3. The van der Waals surface area contributed by atoms with Crippen molar-refractivity contribution in [1.29, 1.82) is 0 Å². The topological polar surface area (TPSA) is 106 Å². The molecule has 2 aromatic carbocycles. The highest BCUT2D eigenvalue weighted by molar-refractivity contribution is 7.12. The first-order valence-corrected chi connectivity index (χ1v) is 9.44. The maximum absolute atomic E-state index is 12.4. The van der Waals surface area contributed by atoms with Gasteiger partial charge in [-0.2, -0.15) is 0 Å². The summed E-state index contributed by atoms with van der Waals surface area (Å²) in [5.41, 5.74) is 6.45. The molecular weight excluding hydrogens is 414 g/mol. The lowest BCUT2D eigenvalue weighted by Gasteiger charge is -2.04. The second-order valence-electron chi connectivity index (χ2n) is 6.25. The highest BCUT2D eigenvalue weighted by Crippen LogP contribution is 2.32. The number of primary amides is 1. The Morgan fingerprint density at radius 2 is 1.80 bits per heavy atom. The van der Waals surface area contributed by atoms with E-state index in [0.717, 1.165) is 28.7 Å². The molecule has 4 aromatic rings. The van der Waals surface area contributed by atoms with Gasteiger partial charge >= 0.3 is 5.97 Å². The van der Waals surface area contributed by atoms with Crippen LogP contribution in [0.15, 0.2) is 53.9 Å². The number of halogens is 2. The first-order chi connectivity index (χ1) is 14.2. The fraction of sp³-hybridized carbons (Fsp3) is 0.0476. The Bertz CT molecular complexity index is 1250. The molecule has 30 heavy (non-hydrogen) atoms. The summed E-state index contributed by atoms with van der Waals surface area (Å²) < 4.78 is 26.5. The normalized spacial score (nSPS) is 10.5. The van der Waals surface area contributed by atoms with Gasteiger partial charge in [0.1, 0.15) is 5.75 Å². The number of thiophene rings is 1. The average Bonchev–Trinajstić information content (AvgIpc) is 3.29. The van der Waals surface area contributed by atoms with Crippen molar-refractivity contribution in [3.8, 4) is 10.8 Å². The molecule has 0 unspecified atom stereocenters. The Morgan fingerprint density at radius 1 is 1.07 bits per heavy atom. The minimum Gasteiger partial charge on any atom is -0.508 e. The van der Waals surface area contributed by atoms with Crippen LogP contribution in [-0.2, 0) is 0 Å². The summed E-state index contributed by atoms with van der Waals surface area (Å²) in [6.07, 6.45) is 0. The van der Waals surface area contributed by atoms with E-state index in [4.69, 9.17) is 5.73 Å². The number of carbonyl (C=O) groups is 2. The molecule has 154 valence electrons. The van der Waals surface area contributed by atoms with E-state index in [0.29, 0.717) is 11.1 Å². The third-order valence-electron chi connectivity index (χ3n) is 4.33.